The lowest BCUT2D eigenvalue weighted by Crippen LogP contribution is -2.40. The molecule has 0 radical (unpaired) electrons. The second-order valence-corrected chi connectivity index (χ2v) is 7.14. The van der Waals surface area contributed by atoms with Crippen LogP contribution in [-0.4, -0.2) is 43.8 Å². The summed E-state index contributed by atoms with van der Waals surface area (Å²) in [6.07, 6.45) is 10.3. The molecular weight excluding hydrogens is 298 g/mol. The van der Waals surface area contributed by atoms with Crippen molar-refractivity contribution in [2.45, 2.75) is 59.0 Å². The molecule has 0 amide bonds. The molecule has 0 aromatic carbocycles. The Morgan fingerprint density at radius 3 is 2.96 bits per heavy atom. The number of hydrogen-bond donors (Lipinski definition) is 0. The molecule has 1 saturated heterocycles. The van der Waals surface area contributed by atoms with E-state index in [1.165, 1.54) is 25.9 Å². The van der Waals surface area contributed by atoms with Gasteiger partial charge in [0.15, 0.2) is 0 Å². The first-order chi connectivity index (χ1) is 11.7. The molecule has 0 aliphatic carbocycles. The molecule has 24 heavy (non-hydrogen) atoms. The summed E-state index contributed by atoms with van der Waals surface area (Å²) >= 11 is 0. The van der Waals surface area contributed by atoms with Gasteiger partial charge in [-0.25, -0.2) is 4.98 Å². The Bertz CT molecular complexity index is 649. The van der Waals surface area contributed by atoms with Crippen molar-refractivity contribution in [2.75, 3.05) is 13.1 Å². The number of likely N-dealkylation sites (tertiary alicyclic amines) is 1. The molecule has 2 aromatic rings. The zero-order valence-electron chi connectivity index (χ0n) is 15.1. The molecule has 0 unspecified atom stereocenters. The molecule has 5 heteroatoms. The van der Waals surface area contributed by atoms with E-state index in [2.05, 4.69) is 35.8 Å². The molecule has 0 saturated carbocycles. The summed E-state index contributed by atoms with van der Waals surface area (Å²) in [5.41, 5.74) is 3.11. The third-order valence-corrected chi connectivity index (χ3v) is 4.88. The Labute approximate surface area is 145 Å². The van der Waals surface area contributed by atoms with Gasteiger partial charge in [0.1, 0.15) is 5.69 Å². The van der Waals surface area contributed by atoms with Crippen molar-refractivity contribution in [3.63, 3.8) is 0 Å². The van der Waals surface area contributed by atoms with Crippen LogP contribution in [0.25, 0.3) is 11.4 Å². The molecule has 3 rings (SSSR count). The Morgan fingerprint density at radius 2 is 2.17 bits per heavy atom. The molecule has 0 spiro atoms. The van der Waals surface area contributed by atoms with E-state index in [1.54, 1.807) is 0 Å². The van der Waals surface area contributed by atoms with Gasteiger partial charge in [0.2, 0.25) is 0 Å². The van der Waals surface area contributed by atoms with Crippen molar-refractivity contribution in [2.24, 2.45) is 5.92 Å². The minimum atomic E-state index is 0.633. The molecule has 5 nitrogen and oxygen atoms in total. The van der Waals surface area contributed by atoms with Crippen LogP contribution < -0.4 is 0 Å². The predicted octanol–water partition coefficient (Wildman–Crippen LogP) is 3.41. The van der Waals surface area contributed by atoms with Gasteiger partial charge >= 0.3 is 0 Å². The van der Waals surface area contributed by atoms with E-state index >= 15 is 0 Å². The van der Waals surface area contributed by atoms with E-state index in [0.717, 1.165) is 36.5 Å². The van der Waals surface area contributed by atoms with Crippen molar-refractivity contribution in [1.82, 2.24) is 24.6 Å². The van der Waals surface area contributed by atoms with Crippen LogP contribution in [0.15, 0.2) is 24.7 Å². The zero-order valence-corrected chi connectivity index (χ0v) is 15.1. The van der Waals surface area contributed by atoms with E-state index in [9.17, 15) is 0 Å². The first kappa shape index (κ1) is 17.1. The summed E-state index contributed by atoms with van der Waals surface area (Å²) < 4.78 is 2.02. The van der Waals surface area contributed by atoms with E-state index in [-0.39, 0.29) is 0 Å². The standard InChI is InChI=1S/C19H29N5/c1-4-9-24-19(7-8-21-24)18-13-20-12-17(22-18)11-16-6-5-10-23(14-16)15(2)3/h7-8,12-13,15-16H,4-6,9-11,14H2,1-3H3/t16-/m0/s1. The normalized spacial score (nSPS) is 19.1. The third kappa shape index (κ3) is 4.01. The summed E-state index contributed by atoms with van der Waals surface area (Å²) in [6.45, 7) is 10.1. The minimum Gasteiger partial charge on any atom is -0.301 e. The maximum Gasteiger partial charge on any atom is 0.107 e. The summed E-state index contributed by atoms with van der Waals surface area (Å²) in [6, 6.07) is 2.67. The summed E-state index contributed by atoms with van der Waals surface area (Å²) in [7, 11) is 0. The zero-order chi connectivity index (χ0) is 16.9. The van der Waals surface area contributed by atoms with E-state index in [0.29, 0.717) is 12.0 Å². The maximum absolute atomic E-state index is 4.88. The Hall–Kier alpha value is -1.75. The van der Waals surface area contributed by atoms with Crippen molar-refractivity contribution < 1.29 is 0 Å². The number of piperidine rings is 1. The molecule has 0 bridgehead atoms. The average Bonchev–Trinajstić information content (AvgIpc) is 3.04. The van der Waals surface area contributed by atoms with Gasteiger partial charge in [0, 0.05) is 31.5 Å². The fourth-order valence-electron chi connectivity index (χ4n) is 3.60. The molecule has 1 aliphatic rings. The van der Waals surface area contributed by atoms with Crippen molar-refractivity contribution in [3.05, 3.63) is 30.4 Å². The van der Waals surface area contributed by atoms with Gasteiger partial charge in [-0.3, -0.25) is 9.67 Å². The van der Waals surface area contributed by atoms with Gasteiger partial charge in [-0.1, -0.05) is 6.92 Å². The molecule has 1 fully saturated rings. The van der Waals surface area contributed by atoms with Gasteiger partial charge in [0.05, 0.1) is 17.6 Å². The maximum atomic E-state index is 4.88. The average molecular weight is 327 g/mol. The highest BCUT2D eigenvalue weighted by molar-refractivity contribution is 5.52. The quantitative estimate of drug-likeness (QED) is 0.816. The van der Waals surface area contributed by atoms with Gasteiger partial charge in [-0.15, -0.1) is 0 Å². The Morgan fingerprint density at radius 1 is 1.29 bits per heavy atom. The Kier molecular flexibility index (Phi) is 5.61. The fraction of sp³-hybridized carbons (Fsp3) is 0.632. The number of nitrogens with zero attached hydrogens (tertiary/aromatic N) is 5. The van der Waals surface area contributed by atoms with Crippen molar-refractivity contribution in [1.29, 1.82) is 0 Å². The third-order valence-electron chi connectivity index (χ3n) is 4.88. The van der Waals surface area contributed by atoms with Gasteiger partial charge < -0.3 is 4.90 Å². The van der Waals surface area contributed by atoms with Crippen LogP contribution in [0.4, 0.5) is 0 Å². The Balaban J connectivity index is 1.72. The van der Waals surface area contributed by atoms with Gasteiger partial charge in [-0.2, -0.15) is 5.10 Å². The molecule has 0 N–H and O–H groups in total. The smallest absolute Gasteiger partial charge is 0.107 e. The summed E-state index contributed by atoms with van der Waals surface area (Å²) in [4.78, 5) is 11.9. The largest absolute Gasteiger partial charge is 0.301 e. The van der Waals surface area contributed by atoms with Crippen molar-refractivity contribution in [3.8, 4) is 11.4 Å². The SMILES string of the molecule is CCCn1nccc1-c1cncc(C[C@@H]2CCCN(C(C)C)C2)n1. The monoisotopic (exact) mass is 327 g/mol. The lowest BCUT2D eigenvalue weighted by atomic mass is 9.93. The fourth-order valence-corrected chi connectivity index (χ4v) is 3.60. The second-order valence-electron chi connectivity index (χ2n) is 7.14. The number of aryl methyl sites for hydroxylation is 1. The topological polar surface area (TPSA) is 46.8 Å². The van der Waals surface area contributed by atoms with E-state index in [4.69, 9.17) is 4.98 Å². The highest BCUT2D eigenvalue weighted by atomic mass is 15.3. The molecular formula is C19H29N5. The minimum absolute atomic E-state index is 0.633. The molecule has 2 aromatic heterocycles. The first-order valence-corrected chi connectivity index (χ1v) is 9.24. The van der Waals surface area contributed by atoms with Gasteiger partial charge in [0.25, 0.3) is 0 Å². The number of rotatable bonds is 6. The molecule has 1 atom stereocenters. The summed E-state index contributed by atoms with van der Waals surface area (Å²) in [5.74, 6) is 0.686. The molecule has 130 valence electrons. The molecule has 3 heterocycles. The number of aromatic nitrogens is 4. The van der Waals surface area contributed by atoms with E-state index in [1.807, 2.05) is 29.3 Å². The van der Waals surface area contributed by atoms with Crippen LogP contribution in [0.5, 0.6) is 0 Å². The van der Waals surface area contributed by atoms with Crippen LogP contribution in [0.2, 0.25) is 0 Å². The van der Waals surface area contributed by atoms with Gasteiger partial charge in [-0.05, 0) is 58.1 Å². The van der Waals surface area contributed by atoms with Crippen LogP contribution in [0.1, 0.15) is 45.7 Å². The highest BCUT2D eigenvalue weighted by Crippen LogP contribution is 2.23. The second kappa shape index (κ2) is 7.88. The lowest BCUT2D eigenvalue weighted by Gasteiger charge is -2.35. The summed E-state index contributed by atoms with van der Waals surface area (Å²) in [5, 5.41) is 4.40. The van der Waals surface area contributed by atoms with Crippen LogP contribution >= 0.6 is 0 Å². The van der Waals surface area contributed by atoms with Crippen LogP contribution in [-0.2, 0) is 13.0 Å². The first-order valence-electron chi connectivity index (χ1n) is 9.24. The van der Waals surface area contributed by atoms with Crippen molar-refractivity contribution >= 4 is 0 Å². The van der Waals surface area contributed by atoms with E-state index < -0.39 is 0 Å². The predicted molar refractivity (Wildman–Crippen MR) is 96.7 cm³/mol. The number of hydrogen-bond acceptors (Lipinski definition) is 4. The lowest BCUT2D eigenvalue weighted by molar-refractivity contribution is 0.139. The molecule has 1 aliphatic heterocycles. The van der Waals surface area contributed by atoms with Crippen LogP contribution in [0.3, 0.4) is 0 Å². The highest BCUT2D eigenvalue weighted by Gasteiger charge is 2.22. The van der Waals surface area contributed by atoms with Crippen LogP contribution in [0, 0.1) is 5.92 Å².